The third-order valence-corrected chi connectivity index (χ3v) is 4.82. The molecule has 22 heavy (non-hydrogen) atoms. The first-order valence-corrected chi connectivity index (χ1v) is 8.65. The Kier molecular flexibility index (Phi) is 4.90. The van der Waals surface area contributed by atoms with Gasteiger partial charge in [-0.05, 0) is 44.9 Å². The van der Waals surface area contributed by atoms with Crippen molar-refractivity contribution in [3.63, 3.8) is 0 Å². The lowest BCUT2D eigenvalue weighted by Gasteiger charge is -2.34. The van der Waals surface area contributed by atoms with E-state index in [2.05, 4.69) is 27.1 Å². The zero-order valence-corrected chi connectivity index (χ0v) is 13.5. The van der Waals surface area contributed by atoms with Gasteiger partial charge >= 0.3 is 0 Å². The number of carbonyl (C=O) groups excluding carboxylic acids is 1. The SMILES string of the molecule is CCCNC(=O)C1CCN(c2ncnc3c2CCCC3)CC1. The zero-order chi connectivity index (χ0) is 15.4. The molecule has 2 aliphatic rings. The molecule has 0 aromatic carbocycles. The first-order valence-electron chi connectivity index (χ1n) is 8.65. The summed E-state index contributed by atoms with van der Waals surface area (Å²) in [6.45, 7) is 4.72. The molecule has 1 aliphatic carbocycles. The fraction of sp³-hybridized carbons (Fsp3) is 0.706. The Morgan fingerprint density at radius 3 is 2.82 bits per heavy atom. The average Bonchev–Trinajstić information content (AvgIpc) is 2.59. The minimum atomic E-state index is 0.167. The predicted octanol–water partition coefficient (Wildman–Crippen LogP) is 2.10. The summed E-state index contributed by atoms with van der Waals surface area (Å²) in [6, 6.07) is 0. The van der Waals surface area contributed by atoms with E-state index in [0.29, 0.717) is 0 Å². The number of hydrogen-bond acceptors (Lipinski definition) is 4. The number of rotatable bonds is 4. The first-order chi connectivity index (χ1) is 10.8. The maximum atomic E-state index is 12.1. The van der Waals surface area contributed by atoms with Crippen molar-refractivity contribution in [1.29, 1.82) is 0 Å². The van der Waals surface area contributed by atoms with Crippen LogP contribution in [0.15, 0.2) is 6.33 Å². The third-order valence-electron chi connectivity index (χ3n) is 4.82. The summed E-state index contributed by atoms with van der Waals surface area (Å²) in [5.74, 6) is 1.52. The normalized spacial score (nSPS) is 18.9. The molecule has 0 bridgehead atoms. The second kappa shape index (κ2) is 7.07. The monoisotopic (exact) mass is 302 g/mol. The number of nitrogens with zero attached hydrogens (tertiary/aromatic N) is 3. The Hall–Kier alpha value is -1.65. The molecule has 0 radical (unpaired) electrons. The maximum absolute atomic E-state index is 12.1. The molecule has 1 saturated heterocycles. The molecule has 5 heteroatoms. The van der Waals surface area contributed by atoms with Gasteiger partial charge in [-0.1, -0.05) is 6.92 Å². The quantitative estimate of drug-likeness (QED) is 0.925. The minimum Gasteiger partial charge on any atom is -0.356 e. The number of piperidine rings is 1. The number of nitrogens with one attached hydrogen (secondary N) is 1. The molecule has 1 aliphatic heterocycles. The average molecular weight is 302 g/mol. The standard InChI is InChI=1S/C17H26N4O/c1-2-9-18-17(22)13-7-10-21(11-8-13)16-14-5-3-4-6-15(14)19-12-20-16/h12-13H,2-11H2,1H3,(H,18,22). The molecule has 0 spiro atoms. The molecule has 5 nitrogen and oxygen atoms in total. The predicted molar refractivity (Wildman–Crippen MR) is 86.9 cm³/mol. The van der Waals surface area contributed by atoms with Crippen LogP contribution in [0.25, 0.3) is 0 Å². The summed E-state index contributed by atoms with van der Waals surface area (Å²) in [5, 5.41) is 3.02. The number of fused-ring (bicyclic) bond motifs is 1. The largest absolute Gasteiger partial charge is 0.356 e. The highest BCUT2D eigenvalue weighted by Crippen LogP contribution is 2.29. The van der Waals surface area contributed by atoms with E-state index < -0.39 is 0 Å². The van der Waals surface area contributed by atoms with Crippen molar-refractivity contribution in [3.8, 4) is 0 Å². The Morgan fingerprint density at radius 2 is 2.05 bits per heavy atom. The van der Waals surface area contributed by atoms with Crippen LogP contribution in [0.5, 0.6) is 0 Å². The van der Waals surface area contributed by atoms with Crippen molar-refractivity contribution in [2.45, 2.75) is 51.9 Å². The highest BCUT2D eigenvalue weighted by molar-refractivity contribution is 5.79. The number of aryl methyl sites for hydroxylation is 1. The van der Waals surface area contributed by atoms with Crippen LogP contribution < -0.4 is 10.2 Å². The zero-order valence-electron chi connectivity index (χ0n) is 13.5. The van der Waals surface area contributed by atoms with Crippen LogP contribution in [0.4, 0.5) is 5.82 Å². The maximum Gasteiger partial charge on any atom is 0.223 e. The molecule has 3 rings (SSSR count). The van der Waals surface area contributed by atoms with Gasteiger partial charge < -0.3 is 10.2 Å². The summed E-state index contributed by atoms with van der Waals surface area (Å²) >= 11 is 0. The van der Waals surface area contributed by atoms with Crippen molar-refractivity contribution < 1.29 is 4.79 Å². The molecule has 1 fully saturated rings. The lowest BCUT2D eigenvalue weighted by atomic mass is 9.93. The Bertz CT molecular complexity index is 523. The van der Waals surface area contributed by atoms with Crippen molar-refractivity contribution >= 4 is 11.7 Å². The van der Waals surface area contributed by atoms with Gasteiger partial charge in [-0.2, -0.15) is 0 Å². The smallest absolute Gasteiger partial charge is 0.223 e. The number of amides is 1. The second-order valence-electron chi connectivity index (χ2n) is 6.38. The Balaban J connectivity index is 1.63. The van der Waals surface area contributed by atoms with Gasteiger partial charge in [0.15, 0.2) is 0 Å². The van der Waals surface area contributed by atoms with Crippen molar-refractivity contribution in [3.05, 3.63) is 17.6 Å². The van der Waals surface area contributed by atoms with Crippen LogP contribution in [0.1, 0.15) is 50.3 Å². The van der Waals surface area contributed by atoms with E-state index in [9.17, 15) is 4.79 Å². The molecule has 1 amide bonds. The van der Waals surface area contributed by atoms with Crippen molar-refractivity contribution in [2.75, 3.05) is 24.5 Å². The summed E-state index contributed by atoms with van der Waals surface area (Å²) in [7, 11) is 0. The van der Waals surface area contributed by atoms with Crippen LogP contribution in [-0.4, -0.2) is 35.5 Å². The summed E-state index contributed by atoms with van der Waals surface area (Å²) < 4.78 is 0. The van der Waals surface area contributed by atoms with E-state index in [1.807, 2.05) is 0 Å². The molecule has 0 atom stereocenters. The molecule has 1 N–H and O–H groups in total. The van der Waals surface area contributed by atoms with E-state index in [-0.39, 0.29) is 11.8 Å². The molecule has 2 heterocycles. The minimum absolute atomic E-state index is 0.167. The number of carbonyl (C=O) groups is 1. The highest BCUT2D eigenvalue weighted by atomic mass is 16.1. The fourth-order valence-electron chi connectivity index (χ4n) is 3.52. The van der Waals surface area contributed by atoms with Gasteiger partial charge in [0.2, 0.25) is 5.91 Å². The molecule has 0 unspecified atom stereocenters. The lowest BCUT2D eigenvalue weighted by Crippen LogP contribution is -2.41. The van der Waals surface area contributed by atoms with Gasteiger partial charge in [-0.3, -0.25) is 4.79 Å². The molecular formula is C17H26N4O. The molecular weight excluding hydrogens is 276 g/mol. The summed E-state index contributed by atoms with van der Waals surface area (Å²) in [6.07, 6.45) is 9.22. The Labute approximate surface area is 132 Å². The highest BCUT2D eigenvalue weighted by Gasteiger charge is 2.27. The van der Waals surface area contributed by atoms with Crippen LogP contribution in [0.2, 0.25) is 0 Å². The topological polar surface area (TPSA) is 58.1 Å². The molecule has 1 aromatic rings. The third kappa shape index (κ3) is 3.23. The van der Waals surface area contributed by atoms with Crippen LogP contribution in [0.3, 0.4) is 0 Å². The second-order valence-corrected chi connectivity index (χ2v) is 6.38. The van der Waals surface area contributed by atoms with E-state index in [4.69, 9.17) is 0 Å². The lowest BCUT2D eigenvalue weighted by molar-refractivity contribution is -0.125. The van der Waals surface area contributed by atoms with Gasteiger partial charge in [0.25, 0.3) is 0 Å². The van der Waals surface area contributed by atoms with Crippen LogP contribution >= 0.6 is 0 Å². The van der Waals surface area contributed by atoms with E-state index in [0.717, 1.165) is 57.6 Å². The van der Waals surface area contributed by atoms with E-state index in [1.54, 1.807) is 6.33 Å². The number of anilines is 1. The van der Waals surface area contributed by atoms with Gasteiger partial charge in [0.1, 0.15) is 12.1 Å². The van der Waals surface area contributed by atoms with Gasteiger partial charge in [-0.15, -0.1) is 0 Å². The first kappa shape index (κ1) is 15.3. The number of aromatic nitrogens is 2. The van der Waals surface area contributed by atoms with Crippen LogP contribution in [-0.2, 0) is 17.6 Å². The fourth-order valence-corrected chi connectivity index (χ4v) is 3.52. The van der Waals surface area contributed by atoms with Gasteiger partial charge in [0.05, 0.1) is 0 Å². The van der Waals surface area contributed by atoms with Crippen molar-refractivity contribution in [1.82, 2.24) is 15.3 Å². The van der Waals surface area contributed by atoms with E-state index in [1.165, 1.54) is 24.1 Å². The molecule has 1 aromatic heterocycles. The van der Waals surface area contributed by atoms with E-state index >= 15 is 0 Å². The van der Waals surface area contributed by atoms with Crippen molar-refractivity contribution in [2.24, 2.45) is 5.92 Å². The molecule has 120 valence electrons. The Morgan fingerprint density at radius 1 is 1.27 bits per heavy atom. The van der Waals surface area contributed by atoms with Gasteiger partial charge in [-0.25, -0.2) is 9.97 Å². The molecule has 0 saturated carbocycles. The van der Waals surface area contributed by atoms with Crippen LogP contribution in [0, 0.1) is 5.92 Å². The number of hydrogen-bond donors (Lipinski definition) is 1. The van der Waals surface area contributed by atoms with Gasteiger partial charge in [0, 0.05) is 36.8 Å². The summed E-state index contributed by atoms with van der Waals surface area (Å²) in [4.78, 5) is 23.4. The summed E-state index contributed by atoms with van der Waals surface area (Å²) in [5.41, 5.74) is 2.58.